The summed E-state index contributed by atoms with van der Waals surface area (Å²) in [7, 11) is 1.68. The number of hydrogen-bond donors (Lipinski definition) is 1. The Bertz CT molecular complexity index is 502. The predicted octanol–water partition coefficient (Wildman–Crippen LogP) is 2.06. The highest BCUT2D eigenvalue weighted by molar-refractivity contribution is 5.31. The van der Waals surface area contributed by atoms with Crippen LogP contribution in [0.2, 0.25) is 0 Å². The summed E-state index contributed by atoms with van der Waals surface area (Å²) in [6.45, 7) is 0. The topological polar surface area (TPSA) is 37.8 Å². The quantitative estimate of drug-likeness (QED) is 0.884. The fourth-order valence-corrected chi connectivity index (χ4v) is 1.72. The summed E-state index contributed by atoms with van der Waals surface area (Å²) in [4.78, 5) is 0. The van der Waals surface area contributed by atoms with E-state index in [-0.39, 0.29) is 5.56 Å². The smallest absolute Gasteiger partial charge is 0.163 e. The van der Waals surface area contributed by atoms with Crippen molar-refractivity contribution in [1.29, 1.82) is 0 Å². The van der Waals surface area contributed by atoms with Crippen LogP contribution in [0.15, 0.2) is 36.7 Å². The molecule has 0 aliphatic carbocycles. The van der Waals surface area contributed by atoms with Gasteiger partial charge in [-0.05, 0) is 24.7 Å². The maximum atomic E-state index is 13.7. The second-order valence-corrected chi connectivity index (χ2v) is 3.54. The summed E-state index contributed by atoms with van der Waals surface area (Å²) in [6.07, 6.45) is 3.03. The number of halogens is 2. The van der Waals surface area contributed by atoms with Gasteiger partial charge in [0.2, 0.25) is 0 Å². The number of nitrogens with one attached hydrogen (secondary N) is 1. The molecule has 0 amide bonds. The Morgan fingerprint density at radius 1 is 1.18 bits per heavy atom. The molecule has 0 fully saturated rings. The fourth-order valence-electron chi connectivity index (χ4n) is 1.72. The lowest BCUT2D eigenvalue weighted by atomic mass is 10.00. The average molecular weight is 235 g/mol. The predicted molar refractivity (Wildman–Crippen MR) is 59.3 cm³/mol. The summed E-state index contributed by atoms with van der Waals surface area (Å²) in [5, 5.41) is 10.3. The molecule has 88 valence electrons. The first kappa shape index (κ1) is 11.6. The molecular formula is C12H11F2N3. The summed E-state index contributed by atoms with van der Waals surface area (Å²) in [5.74, 6) is -1.70. The summed E-state index contributed by atoms with van der Waals surface area (Å²) in [6, 6.07) is 5.38. The molecule has 0 bridgehead atoms. The molecule has 0 saturated carbocycles. The third-order valence-electron chi connectivity index (χ3n) is 2.52. The standard InChI is InChI=1S/C12H11F2N3/c1-15-12(8-5-6-16-17-7-8)9-3-2-4-10(13)11(9)14/h2-7,12,15H,1H3. The van der Waals surface area contributed by atoms with Crippen LogP contribution in [0.25, 0.3) is 0 Å². The number of benzene rings is 1. The molecule has 0 saturated heterocycles. The molecule has 0 radical (unpaired) electrons. The molecule has 1 unspecified atom stereocenters. The van der Waals surface area contributed by atoms with Crippen molar-refractivity contribution in [1.82, 2.24) is 15.5 Å². The van der Waals surface area contributed by atoms with Crippen molar-refractivity contribution in [3.8, 4) is 0 Å². The van der Waals surface area contributed by atoms with Crippen LogP contribution in [-0.2, 0) is 0 Å². The highest BCUT2D eigenvalue weighted by atomic mass is 19.2. The zero-order valence-corrected chi connectivity index (χ0v) is 9.19. The van der Waals surface area contributed by atoms with Crippen molar-refractivity contribution in [3.05, 3.63) is 59.4 Å². The van der Waals surface area contributed by atoms with Crippen molar-refractivity contribution < 1.29 is 8.78 Å². The second kappa shape index (κ2) is 4.97. The first-order valence-corrected chi connectivity index (χ1v) is 5.12. The maximum absolute atomic E-state index is 13.7. The van der Waals surface area contributed by atoms with E-state index in [1.54, 1.807) is 19.2 Å². The van der Waals surface area contributed by atoms with Crippen LogP contribution in [0.5, 0.6) is 0 Å². The van der Waals surface area contributed by atoms with Gasteiger partial charge < -0.3 is 5.32 Å². The van der Waals surface area contributed by atoms with Crippen molar-refractivity contribution in [2.24, 2.45) is 0 Å². The van der Waals surface area contributed by atoms with E-state index in [9.17, 15) is 8.78 Å². The molecule has 2 aromatic rings. The van der Waals surface area contributed by atoms with Gasteiger partial charge in [-0.3, -0.25) is 0 Å². The minimum Gasteiger partial charge on any atom is -0.309 e. The molecule has 1 heterocycles. The van der Waals surface area contributed by atoms with Crippen LogP contribution >= 0.6 is 0 Å². The molecule has 2 rings (SSSR count). The van der Waals surface area contributed by atoms with Gasteiger partial charge in [-0.2, -0.15) is 10.2 Å². The number of aromatic nitrogens is 2. The Balaban J connectivity index is 2.46. The van der Waals surface area contributed by atoms with E-state index in [0.717, 1.165) is 11.6 Å². The number of rotatable bonds is 3. The van der Waals surface area contributed by atoms with Crippen LogP contribution in [0.4, 0.5) is 8.78 Å². The average Bonchev–Trinajstić information content (AvgIpc) is 2.37. The Labute approximate surface area is 97.5 Å². The monoisotopic (exact) mass is 235 g/mol. The molecule has 17 heavy (non-hydrogen) atoms. The van der Waals surface area contributed by atoms with Gasteiger partial charge in [0.25, 0.3) is 0 Å². The van der Waals surface area contributed by atoms with E-state index in [1.165, 1.54) is 18.5 Å². The fraction of sp³-hybridized carbons (Fsp3) is 0.167. The van der Waals surface area contributed by atoms with E-state index in [4.69, 9.17) is 0 Å². The Kier molecular flexibility index (Phi) is 3.39. The molecule has 3 nitrogen and oxygen atoms in total. The lowest BCUT2D eigenvalue weighted by molar-refractivity contribution is 0.487. The Morgan fingerprint density at radius 2 is 2.00 bits per heavy atom. The van der Waals surface area contributed by atoms with Crippen molar-refractivity contribution in [2.75, 3.05) is 7.05 Å². The van der Waals surface area contributed by atoms with Gasteiger partial charge in [-0.15, -0.1) is 0 Å². The molecule has 1 aromatic heterocycles. The van der Waals surface area contributed by atoms with Gasteiger partial charge >= 0.3 is 0 Å². The third kappa shape index (κ3) is 2.29. The van der Waals surface area contributed by atoms with E-state index < -0.39 is 17.7 Å². The minimum atomic E-state index is -0.857. The van der Waals surface area contributed by atoms with Crippen molar-refractivity contribution in [3.63, 3.8) is 0 Å². The van der Waals surface area contributed by atoms with Gasteiger partial charge in [0.05, 0.1) is 12.2 Å². The zero-order valence-electron chi connectivity index (χ0n) is 9.19. The van der Waals surface area contributed by atoms with Crippen LogP contribution < -0.4 is 5.32 Å². The summed E-state index contributed by atoms with van der Waals surface area (Å²) < 4.78 is 26.8. The molecule has 1 atom stereocenters. The zero-order chi connectivity index (χ0) is 12.3. The van der Waals surface area contributed by atoms with E-state index in [0.29, 0.717) is 0 Å². The lowest BCUT2D eigenvalue weighted by Gasteiger charge is -2.17. The van der Waals surface area contributed by atoms with Crippen LogP contribution in [0, 0.1) is 11.6 Å². The van der Waals surface area contributed by atoms with Crippen molar-refractivity contribution >= 4 is 0 Å². The van der Waals surface area contributed by atoms with Crippen LogP contribution in [-0.4, -0.2) is 17.2 Å². The molecule has 0 aliphatic rings. The van der Waals surface area contributed by atoms with Gasteiger partial charge in [0, 0.05) is 11.8 Å². The van der Waals surface area contributed by atoms with Crippen molar-refractivity contribution in [2.45, 2.75) is 6.04 Å². The second-order valence-electron chi connectivity index (χ2n) is 3.54. The molecule has 1 N–H and O–H groups in total. The van der Waals surface area contributed by atoms with E-state index >= 15 is 0 Å². The highest BCUT2D eigenvalue weighted by Gasteiger charge is 2.18. The molecular weight excluding hydrogens is 224 g/mol. The van der Waals surface area contributed by atoms with Gasteiger partial charge in [-0.25, -0.2) is 8.78 Å². The molecule has 0 aliphatic heterocycles. The Hall–Kier alpha value is -1.88. The van der Waals surface area contributed by atoms with Gasteiger partial charge in [-0.1, -0.05) is 12.1 Å². The number of hydrogen-bond acceptors (Lipinski definition) is 3. The van der Waals surface area contributed by atoms with E-state index in [2.05, 4.69) is 15.5 Å². The first-order valence-electron chi connectivity index (χ1n) is 5.12. The largest absolute Gasteiger partial charge is 0.309 e. The minimum absolute atomic E-state index is 0.250. The summed E-state index contributed by atoms with van der Waals surface area (Å²) >= 11 is 0. The highest BCUT2D eigenvalue weighted by Crippen LogP contribution is 2.24. The molecule has 5 heteroatoms. The van der Waals surface area contributed by atoms with E-state index in [1.807, 2.05) is 0 Å². The van der Waals surface area contributed by atoms with Crippen LogP contribution in [0.1, 0.15) is 17.2 Å². The summed E-state index contributed by atoms with van der Waals surface area (Å²) in [5.41, 5.74) is 0.979. The lowest BCUT2D eigenvalue weighted by Crippen LogP contribution is -2.19. The van der Waals surface area contributed by atoms with Gasteiger partial charge in [0.15, 0.2) is 11.6 Å². The normalized spacial score (nSPS) is 12.4. The van der Waals surface area contributed by atoms with Gasteiger partial charge in [0.1, 0.15) is 0 Å². The first-order chi connectivity index (χ1) is 8.24. The molecule has 1 aromatic carbocycles. The maximum Gasteiger partial charge on any atom is 0.163 e. The SMILES string of the molecule is CNC(c1ccnnc1)c1cccc(F)c1F. The van der Waals surface area contributed by atoms with Crippen LogP contribution in [0.3, 0.4) is 0 Å². The molecule has 0 spiro atoms. The number of nitrogens with zero attached hydrogens (tertiary/aromatic N) is 2. The third-order valence-corrected chi connectivity index (χ3v) is 2.52. The Morgan fingerprint density at radius 3 is 2.65 bits per heavy atom.